The van der Waals surface area contributed by atoms with Crippen LogP contribution >= 0.6 is 0 Å². The highest BCUT2D eigenvalue weighted by molar-refractivity contribution is 5.84. The van der Waals surface area contributed by atoms with Gasteiger partial charge in [-0.1, -0.05) is 6.92 Å². The number of ether oxygens (including phenoxy) is 1. The molecule has 2 aliphatic rings. The number of carbonyl (C=O) groups excluding carboxylic acids is 2. The number of hydrogen-bond acceptors (Lipinski definition) is 4. The van der Waals surface area contributed by atoms with Crippen LogP contribution in [0.15, 0.2) is 0 Å². The van der Waals surface area contributed by atoms with E-state index in [0.717, 1.165) is 52.2 Å². The third-order valence-electron chi connectivity index (χ3n) is 5.01. The van der Waals surface area contributed by atoms with Gasteiger partial charge in [-0.3, -0.25) is 9.69 Å². The molecule has 2 fully saturated rings. The molecule has 0 aromatic carbocycles. The maximum Gasteiger partial charge on any atom is 0.318 e. The number of carbonyl (C=O) groups is 2. The molecule has 2 aliphatic heterocycles. The van der Waals surface area contributed by atoms with Crippen LogP contribution in [0, 0.1) is 0 Å². The van der Waals surface area contributed by atoms with Crippen LogP contribution in [0.25, 0.3) is 0 Å². The van der Waals surface area contributed by atoms with Crippen LogP contribution in [0.1, 0.15) is 33.6 Å². The van der Waals surface area contributed by atoms with Gasteiger partial charge in [0.15, 0.2) is 0 Å². The molecular formula is C17H32N4O3. The fraction of sp³-hybridized carbons (Fsp3) is 0.882. The number of hydrogen-bond donors (Lipinski definition) is 1. The zero-order valence-electron chi connectivity index (χ0n) is 15.3. The van der Waals surface area contributed by atoms with E-state index in [1.807, 2.05) is 11.8 Å². The first-order valence-corrected chi connectivity index (χ1v) is 9.18. The third kappa shape index (κ3) is 5.08. The summed E-state index contributed by atoms with van der Waals surface area (Å²) in [5.74, 6) is 0.0541. The van der Waals surface area contributed by atoms with Crippen LogP contribution < -0.4 is 5.32 Å². The molecule has 0 saturated carbocycles. The van der Waals surface area contributed by atoms with Gasteiger partial charge in [-0.05, 0) is 26.7 Å². The van der Waals surface area contributed by atoms with Crippen molar-refractivity contribution in [2.75, 3.05) is 52.5 Å². The number of morpholine rings is 1. The zero-order chi connectivity index (χ0) is 17.5. The number of nitrogens with zero attached hydrogens (tertiary/aromatic N) is 3. The highest BCUT2D eigenvalue weighted by Gasteiger charge is 2.28. The summed E-state index contributed by atoms with van der Waals surface area (Å²) in [5.41, 5.74) is 0. The fourth-order valence-electron chi connectivity index (χ4n) is 3.31. The predicted molar refractivity (Wildman–Crippen MR) is 92.9 cm³/mol. The van der Waals surface area contributed by atoms with E-state index < -0.39 is 0 Å². The van der Waals surface area contributed by atoms with Crippen molar-refractivity contribution in [3.05, 3.63) is 0 Å². The molecule has 7 nitrogen and oxygen atoms in total. The van der Waals surface area contributed by atoms with Gasteiger partial charge in [0.1, 0.15) is 6.54 Å². The van der Waals surface area contributed by atoms with Gasteiger partial charge in [0, 0.05) is 44.8 Å². The Morgan fingerprint density at radius 2 is 1.92 bits per heavy atom. The van der Waals surface area contributed by atoms with E-state index >= 15 is 0 Å². The van der Waals surface area contributed by atoms with Crippen molar-refractivity contribution in [1.82, 2.24) is 20.0 Å². The summed E-state index contributed by atoms with van der Waals surface area (Å²) in [6, 6.07) is 0.145. The Bertz CT molecular complexity index is 426. The van der Waals surface area contributed by atoms with Gasteiger partial charge in [-0.25, -0.2) is 4.79 Å². The van der Waals surface area contributed by atoms with E-state index in [1.54, 1.807) is 4.90 Å². The van der Waals surface area contributed by atoms with E-state index in [-0.39, 0.29) is 30.6 Å². The lowest BCUT2D eigenvalue weighted by atomic mass is 10.1. The highest BCUT2D eigenvalue weighted by atomic mass is 16.5. The summed E-state index contributed by atoms with van der Waals surface area (Å²) >= 11 is 0. The Balaban J connectivity index is 1.85. The maximum atomic E-state index is 12.6. The van der Waals surface area contributed by atoms with E-state index in [1.165, 1.54) is 0 Å². The Morgan fingerprint density at radius 1 is 1.21 bits per heavy atom. The van der Waals surface area contributed by atoms with Crippen molar-refractivity contribution in [3.63, 3.8) is 0 Å². The topological polar surface area (TPSA) is 65.1 Å². The molecule has 0 spiro atoms. The molecule has 0 unspecified atom stereocenters. The predicted octanol–water partition coefficient (Wildman–Crippen LogP) is 0.750. The average molecular weight is 340 g/mol. The zero-order valence-corrected chi connectivity index (χ0v) is 15.3. The molecule has 0 aromatic rings. The van der Waals surface area contributed by atoms with Gasteiger partial charge < -0.3 is 19.9 Å². The van der Waals surface area contributed by atoms with Crippen LogP contribution in [-0.4, -0.2) is 91.2 Å². The first-order chi connectivity index (χ1) is 11.5. The minimum atomic E-state index is -0.130. The van der Waals surface area contributed by atoms with E-state index in [9.17, 15) is 9.59 Å². The number of nitrogens with one attached hydrogen (secondary N) is 1. The first-order valence-electron chi connectivity index (χ1n) is 9.18. The Labute approximate surface area is 145 Å². The lowest BCUT2D eigenvalue weighted by Gasteiger charge is -2.36. The molecule has 0 aromatic heterocycles. The molecule has 7 heteroatoms. The molecule has 2 atom stereocenters. The second-order valence-electron chi connectivity index (χ2n) is 6.78. The maximum absolute atomic E-state index is 12.6. The van der Waals surface area contributed by atoms with Gasteiger partial charge in [0.05, 0.1) is 13.2 Å². The molecule has 0 bridgehead atoms. The molecule has 3 amide bonds. The van der Waals surface area contributed by atoms with E-state index in [2.05, 4.69) is 24.1 Å². The molecule has 24 heavy (non-hydrogen) atoms. The SMILES string of the molecule is CCCN1CCCN(C(=O)N[C@H](C)[C@@H](C)N2CCOCC2)CC1=O. The van der Waals surface area contributed by atoms with Gasteiger partial charge in [0.2, 0.25) is 5.91 Å². The highest BCUT2D eigenvalue weighted by Crippen LogP contribution is 2.10. The summed E-state index contributed by atoms with van der Waals surface area (Å²) in [6.45, 7) is 11.9. The molecule has 138 valence electrons. The summed E-state index contributed by atoms with van der Waals surface area (Å²) in [7, 11) is 0. The van der Waals surface area contributed by atoms with Crippen molar-refractivity contribution < 1.29 is 14.3 Å². The van der Waals surface area contributed by atoms with Crippen LogP contribution in [0.2, 0.25) is 0 Å². The Hall–Kier alpha value is -1.34. The van der Waals surface area contributed by atoms with Crippen molar-refractivity contribution in [2.24, 2.45) is 0 Å². The van der Waals surface area contributed by atoms with Crippen LogP contribution in [0.4, 0.5) is 4.79 Å². The second kappa shape index (κ2) is 9.22. The summed E-state index contributed by atoms with van der Waals surface area (Å²) in [4.78, 5) is 30.7. The third-order valence-corrected chi connectivity index (χ3v) is 5.01. The lowest BCUT2D eigenvalue weighted by molar-refractivity contribution is -0.130. The largest absolute Gasteiger partial charge is 0.379 e. The number of urea groups is 1. The molecule has 0 radical (unpaired) electrons. The summed E-state index contributed by atoms with van der Waals surface area (Å²) in [5, 5.41) is 3.08. The van der Waals surface area contributed by atoms with Gasteiger partial charge in [-0.15, -0.1) is 0 Å². The van der Waals surface area contributed by atoms with Crippen molar-refractivity contribution in [2.45, 2.75) is 45.7 Å². The van der Waals surface area contributed by atoms with Crippen LogP contribution in [0.5, 0.6) is 0 Å². The van der Waals surface area contributed by atoms with E-state index in [4.69, 9.17) is 4.74 Å². The number of rotatable bonds is 5. The van der Waals surface area contributed by atoms with Gasteiger partial charge in [-0.2, -0.15) is 0 Å². The molecular weight excluding hydrogens is 308 g/mol. The molecule has 0 aliphatic carbocycles. The fourth-order valence-corrected chi connectivity index (χ4v) is 3.31. The second-order valence-corrected chi connectivity index (χ2v) is 6.78. The lowest BCUT2D eigenvalue weighted by Crippen LogP contribution is -2.55. The first kappa shape index (κ1) is 19.0. The molecule has 2 rings (SSSR count). The normalized spacial score (nSPS) is 22.9. The standard InChI is InChI=1S/C17H32N4O3/c1-4-6-20-7-5-8-21(13-16(20)22)17(23)18-14(2)15(3)19-9-11-24-12-10-19/h14-15H,4-13H2,1-3H3,(H,18,23)/t14-,15-/m1/s1. The smallest absolute Gasteiger partial charge is 0.318 e. The minimum absolute atomic E-state index is 0.0284. The van der Waals surface area contributed by atoms with Crippen molar-refractivity contribution >= 4 is 11.9 Å². The van der Waals surface area contributed by atoms with Gasteiger partial charge in [0.25, 0.3) is 0 Å². The van der Waals surface area contributed by atoms with Gasteiger partial charge >= 0.3 is 6.03 Å². The summed E-state index contributed by atoms with van der Waals surface area (Å²) < 4.78 is 5.38. The number of amides is 3. The molecule has 2 heterocycles. The summed E-state index contributed by atoms with van der Waals surface area (Å²) in [6.07, 6.45) is 1.79. The quantitative estimate of drug-likeness (QED) is 0.802. The van der Waals surface area contributed by atoms with Crippen LogP contribution in [0.3, 0.4) is 0 Å². The monoisotopic (exact) mass is 340 g/mol. The molecule has 2 saturated heterocycles. The van der Waals surface area contributed by atoms with Crippen LogP contribution in [-0.2, 0) is 9.53 Å². The van der Waals surface area contributed by atoms with Crippen molar-refractivity contribution in [3.8, 4) is 0 Å². The van der Waals surface area contributed by atoms with Crippen molar-refractivity contribution in [1.29, 1.82) is 0 Å². The van der Waals surface area contributed by atoms with E-state index in [0.29, 0.717) is 6.54 Å². The molecule has 1 N–H and O–H groups in total. The Morgan fingerprint density at radius 3 is 2.58 bits per heavy atom. The Kier molecular flexibility index (Phi) is 7.30. The average Bonchev–Trinajstić information content (AvgIpc) is 2.77. The minimum Gasteiger partial charge on any atom is -0.379 e.